The lowest BCUT2D eigenvalue weighted by Gasteiger charge is -2.15. The second-order valence-electron chi connectivity index (χ2n) is 6.10. The summed E-state index contributed by atoms with van der Waals surface area (Å²) in [6, 6.07) is 8.85. The Hall–Kier alpha value is -2.65. The Morgan fingerprint density at radius 1 is 1.31 bits per heavy atom. The molecule has 1 N–H and O–H groups in total. The minimum absolute atomic E-state index is 0.418. The van der Waals surface area contributed by atoms with E-state index in [0.29, 0.717) is 23.6 Å². The number of nitriles is 1. The first kappa shape index (κ1) is 18.2. The molecular weight excluding hydrogens is 348 g/mol. The quantitative estimate of drug-likeness (QED) is 0.618. The summed E-state index contributed by atoms with van der Waals surface area (Å²) in [7, 11) is 0. The summed E-state index contributed by atoms with van der Waals surface area (Å²) in [5.74, 6) is -1.90. The number of Topliss-reactive ketones (excluding diaryl/α,β-unsaturated/α-hetero) is 1. The van der Waals surface area contributed by atoms with Crippen LogP contribution in [0.3, 0.4) is 0 Å². The molecule has 26 heavy (non-hydrogen) atoms. The van der Waals surface area contributed by atoms with Crippen molar-refractivity contribution in [2.75, 3.05) is 11.9 Å². The summed E-state index contributed by atoms with van der Waals surface area (Å²) in [6.07, 6.45) is 3.97. The van der Waals surface area contributed by atoms with Crippen molar-refractivity contribution in [1.82, 2.24) is 0 Å². The molecule has 0 aliphatic heterocycles. The number of hydrogen-bond acceptors (Lipinski definition) is 5. The number of fused-ring (bicyclic) bond motifs is 1. The summed E-state index contributed by atoms with van der Waals surface area (Å²) >= 11 is 1.55. The van der Waals surface area contributed by atoms with E-state index in [9.17, 15) is 14.9 Å². The Morgan fingerprint density at radius 2 is 2.08 bits per heavy atom. The number of ether oxygens (including phenoxy) is 1. The van der Waals surface area contributed by atoms with Gasteiger partial charge in [0.05, 0.1) is 18.4 Å². The molecule has 1 aliphatic carbocycles. The third kappa shape index (κ3) is 3.63. The SMILES string of the molecule is CCOc1ccccc1NC(=O)C(C#N)C(=O)c1csc2c1CCCC2. The van der Waals surface area contributed by atoms with Crippen LogP contribution in [0.25, 0.3) is 0 Å². The van der Waals surface area contributed by atoms with E-state index in [2.05, 4.69) is 5.32 Å². The van der Waals surface area contributed by atoms with E-state index in [1.165, 1.54) is 4.88 Å². The Balaban J connectivity index is 1.81. The topological polar surface area (TPSA) is 79.2 Å². The number of amides is 1. The Kier molecular flexibility index (Phi) is 5.69. The number of rotatable bonds is 6. The van der Waals surface area contributed by atoms with E-state index < -0.39 is 17.6 Å². The van der Waals surface area contributed by atoms with Gasteiger partial charge in [-0.15, -0.1) is 11.3 Å². The zero-order valence-corrected chi connectivity index (χ0v) is 15.4. The summed E-state index contributed by atoms with van der Waals surface area (Å²) in [5, 5.41) is 13.9. The van der Waals surface area contributed by atoms with E-state index in [-0.39, 0.29) is 0 Å². The lowest BCUT2D eigenvalue weighted by molar-refractivity contribution is -0.117. The molecule has 1 aliphatic rings. The van der Waals surface area contributed by atoms with E-state index in [1.807, 2.05) is 13.0 Å². The molecule has 134 valence electrons. The van der Waals surface area contributed by atoms with Crippen molar-refractivity contribution in [3.05, 3.63) is 45.6 Å². The van der Waals surface area contributed by atoms with Crippen LogP contribution >= 0.6 is 11.3 Å². The Labute approximate surface area is 156 Å². The minimum atomic E-state index is -1.37. The van der Waals surface area contributed by atoms with Crippen LogP contribution in [-0.2, 0) is 17.6 Å². The van der Waals surface area contributed by atoms with Gasteiger partial charge < -0.3 is 10.1 Å². The average Bonchev–Trinajstić information content (AvgIpc) is 3.08. The molecule has 0 spiro atoms. The molecular formula is C20H20N2O3S. The lowest BCUT2D eigenvalue weighted by Crippen LogP contribution is -2.29. The lowest BCUT2D eigenvalue weighted by atomic mass is 9.90. The van der Waals surface area contributed by atoms with Gasteiger partial charge in [0.25, 0.3) is 0 Å². The molecule has 1 heterocycles. The van der Waals surface area contributed by atoms with Gasteiger partial charge in [-0.05, 0) is 50.3 Å². The summed E-state index contributed by atoms with van der Waals surface area (Å²) in [4.78, 5) is 26.6. The summed E-state index contributed by atoms with van der Waals surface area (Å²) < 4.78 is 5.48. The molecule has 0 radical (unpaired) electrons. The van der Waals surface area contributed by atoms with E-state index in [0.717, 1.165) is 31.2 Å². The van der Waals surface area contributed by atoms with Crippen molar-refractivity contribution in [1.29, 1.82) is 5.26 Å². The zero-order valence-electron chi connectivity index (χ0n) is 14.6. The number of ketones is 1. The number of nitrogens with one attached hydrogen (secondary N) is 1. The fourth-order valence-electron chi connectivity index (χ4n) is 3.15. The maximum atomic E-state index is 12.8. The summed E-state index contributed by atoms with van der Waals surface area (Å²) in [5.41, 5.74) is 2.01. The van der Waals surface area contributed by atoms with E-state index >= 15 is 0 Å². The van der Waals surface area contributed by atoms with Crippen molar-refractivity contribution in [2.45, 2.75) is 32.6 Å². The second kappa shape index (κ2) is 8.15. The van der Waals surface area contributed by atoms with Crippen LogP contribution in [0, 0.1) is 17.2 Å². The molecule has 0 saturated heterocycles. The van der Waals surface area contributed by atoms with Gasteiger partial charge >= 0.3 is 0 Å². The molecule has 1 unspecified atom stereocenters. The number of carbonyl (C=O) groups excluding carboxylic acids is 2. The maximum absolute atomic E-state index is 12.8. The van der Waals surface area contributed by atoms with Gasteiger partial charge in [-0.3, -0.25) is 9.59 Å². The van der Waals surface area contributed by atoms with Gasteiger partial charge in [-0.1, -0.05) is 12.1 Å². The molecule has 0 saturated carbocycles. The number of hydrogen-bond donors (Lipinski definition) is 1. The van der Waals surface area contributed by atoms with Crippen LogP contribution in [0.4, 0.5) is 5.69 Å². The monoisotopic (exact) mass is 368 g/mol. The second-order valence-corrected chi connectivity index (χ2v) is 7.07. The zero-order chi connectivity index (χ0) is 18.5. The van der Waals surface area contributed by atoms with Crippen molar-refractivity contribution >= 4 is 28.7 Å². The van der Waals surface area contributed by atoms with Gasteiger partial charge in [0.2, 0.25) is 5.91 Å². The van der Waals surface area contributed by atoms with Crippen LogP contribution in [0.1, 0.15) is 40.6 Å². The number of aryl methyl sites for hydroxylation is 1. The number of anilines is 1. The number of benzene rings is 1. The smallest absolute Gasteiger partial charge is 0.249 e. The fraction of sp³-hybridized carbons (Fsp3) is 0.350. The number of thiophene rings is 1. The standard InChI is InChI=1S/C20H20N2O3S/c1-2-25-17-9-5-4-8-16(17)22-20(24)14(11-21)19(23)15-12-26-18-10-6-3-7-13(15)18/h4-5,8-9,12,14H,2-3,6-7,10H2,1H3,(H,22,24). The third-order valence-electron chi connectivity index (χ3n) is 4.43. The van der Waals surface area contributed by atoms with Gasteiger partial charge in [0.15, 0.2) is 11.7 Å². The number of para-hydroxylation sites is 2. The fourth-order valence-corrected chi connectivity index (χ4v) is 4.28. The van der Waals surface area contributed by atoms with E-state index in [1.54, 1.807) is 41.0 Å². The van der Waals surface area contributed by atoms with Crippen molar-refractivity contribution < 1.29 is 14.3 Å². The van der Waals surface area contributed by atoms with Gasteiger partial charge in [0, 0.05) is 15.8 Å². The molecule has 0 fully saturated rings. The van der Waals surface area contributed by atoms with Gasteiger partial charge in [-0.25, -0.2) is 0 Å². The number of carbonyl (C=O) groups is 2. The molecule has 0 bridgehead atoms. The highest BCUT2D eigenvalue weighted by Gasteiger charge is 2.31. The van der Waals surface area contributed by atoms with Crippen LogP contribution < -0.4 is 10.1 Å². The Bertz CT molecular complexity index is 866. The maximum Gasteiger partial charge on any atom is 0.249 e. The highest BCUT2D eigenvalue weighted by Crippen LogP contribution is 2.32. The molecule has 1 atom stereocenters. The molecule has 3 rings (SSSR count). The van der Waals surface area contributed by atoms with Crippen LogP contribution in [0.15, 0.2) is 29.6 Å². The predicted molar refractivity (Wildman–Crippen MR) is 101 cm³/mol. The van der Waals surface area contributed by atoms with E-state index in [4.69, 9.17) is 4.74 Å². The van der Waals surface area contributed by atoms with Gasteiger partial charge in [0.1, 0.15) is 5.75 Å². The molecule has 5 nitrogen and oxygen atoms in total. The highest BCUT2D eigenvalue weighted by molar-refractivity contribution is 7.10. The highest BCUT2D eigenvalue weighted by atomic mass is 32.1. The summed E-state index contributed by atoms with van der Waals surface area (Å²) in [6.45, 7) is 2.30. The first-order valence-corrected chi connectivity index (χ1v) is 9.59. The molecule has 1 aromatic heterocycles. The first-order valence-electron chi connectivity index (χ1n) is 8.71. The van der Waals surface area contributed by atoms with Crippen LogP contribution in [0.5, 0.6) is 5.75 Å². The molecule has 1 aromatic carbocycles. The van der Waals surface area contributed by atoms with Crippen LogP contribution in [-0.4, -0.2) is 18.3 Å². The Morgan fingerprint density at radius 3 is 2.85 bits per heavy atom. The van der Waals surface area contributed by atoms with Crippen molar-refractivity contribution in [2.24, 2.45) is 5.92 Å². The molecule has 1 amide bonds. The van der Waals surface area contributed by atoms with Gasteiger partial charge in [-0.2, -0.15) is 5.26 Å². The van der Waals surface area contributed by atoms with Crippen LogP contribution in [0.2, 0.25) is 0 Å². The van der Waals surface area contributed by atoms with Crippen molar-refractivity contribution in [3.63, 3.8) is 0 Å². The van der Waals surface area contributed by atoms with Crippen molar-refractivity contribution in [3.8, 4) is 11.8 Å². The normalized spacial score (nSPS) is 14.0. The number of nitrogens with zero attached hydrogens (tertiary/aromatic N) is 1. The largest absolute Gasteiger partial charge is 0.492 e. The minimum Gasteiger partial charge on any atom is -0.492 e. The average molecular weight is 368 g/mol. The third-order valence-corrected chi connectivity index (χ3v) is 5.51. The first-order chi connectivity index (χ1) is 12.7. The predicted octanol–water partition coefficient (Wildman–Crippen LogP) is 3.99. The molecule has 2 aromatic rings. The molecule has 6 heteroatoms.